The number of hydrogen-bond donors (Lipinski definition) is 1. The number of nitrogens with zero attached hydrogens (tertiary/aromatic N) is 1. The number of ether oxygens (including phenoxy) is 1. The molecule has 0 spiro atoms. The molecule has 1 unspecified atom stereocenters. The van der Waals surface area contributed by atoms with E-state index in [0.29, 0.717) is 19.6 Å². The first-order valence-corrected chi connectivity index (χ1v) is 6.76. The summed E-state index contributed by atoms with van der Waals surface area (Å²) in [4.78, 5) is 25.2. The molecule has 0 aromatic rings. The number of piperazine rings is 1. The van der Waals surface area contributed by atoms with Crippen LogP contribution < -0.4 is 5.32 Å². The molecular weight excluding hydrogens is 288 g/mol. The summed E-state index contributed by atoms with van der Waals surface area (Å²) >= 11 is 3.13. The van der Waals surface area contributed by atoms with Crippen LogP contribution in [0.4, 0.5) is 4.79 Å². The number of ketones is 1. The van der Waals surface area contributed by atoms with Gasteiger partial charge in [0.2, 0.25) is 0 Å². The molecule has 0 aromatic heterocycles. The summed E-state index contributed by atoms with van der Waals surface area (Å²) in [6.07, 6.45) is -0.418. The van der Waals surface area contributed by atoms with Gasteiger partial charge in [-0.3, -0.25) is 9.69 Å². The van der Waals surface area contributed by atoms with E-state index in [1.807, 2.05) is 20.8 Å². The maximum absolute atomic E-state index is 12.0. The van der Waals surface area contributed by atoms with Gasteiger partial charge in [-0.2, -0.15) is 0 Å². The third-order valence-electron chi connectivity index (χ3n) is 2.37. The monoisotopic (exact) mass is 306 g/mol. The average molecular weight is 307 g/mol. The largest absolute Gasteiger partial charge is 0.444 e. The Hall–Kier alpha value is -0.620. The first kappa shape index (κ1) is 14.4. The molecule has 0 aliphatic carbocycles. The lowest BCUT2D eigenvalue weighted by molar-refractivity contribution is -0.122. The highest BCUT2D eigenvalue weighted by Crippen LogP contribution is 2.14. The summed E-state index contributed by atoms with van der Waals surface area (Å²) in [5, 5.41) is 3.36. The lowest BCUT2D eigenvalue weighted by atomic mass is 10.1. The summed E-state index contributed by atoms with van der Waals surface area (Å²) in [7, 11) is 0. The molecule has 1 rings (SSSR count). The van der Waals surface area contributed by atoms with Crippen molar-refractivity contribution in [2.75, 3.05) is 25.0 Å². The average Bonchev–Trinajstić information content (AvgIpc) is 2.25. The molecule has 1 aliphatic heterocycles. The molecule has 1 atom stereocenters. The van der Waals surface area contributed by atoms with E-state index < -0.39 is 17.7 Å². The second-order valence-corrected chi connectivity index (χ2v) is 5.55. The number of alkyl halides is 1. The van der Waals surface area contributed by atoms with Crippen molar-refractivity contribution in [3.63, 3.8) is 0 Å². The van der Waals surface area contributed by atoms with Gasteiger partial charge in [-0.05, 0) is 20.8 Å². The molecule has 1 N–H and O–H groups in total. The maximum Gasteiger partial charge on any atom is 0.410 e. The Bertz CT molecular complexity index is 302. The molecule has 1 amide bonds. The van der Waals surface area contributed by atoms with Gasteiger partial charge in [-0.1, -0.05) is 15.9 Å². The third-order valence-corrected chi connectivity index (χ3v) is 2.93. The molecule has 1 heterocycles. The summed E-state index contributed by atoms with van der Waals surface area (Å²) in [5.41, 5.74) is -0.538. The molecule has 98 valence electrons. The Morgan fingerprint density at radius 1 is 1.47 bits per heavy atom. The smallest absolute Gasteiger partial charge is 0.410 e. The van der Waals surface area contributed by atoms with Crippen molar-refractivity contribution in [1.29, 1.82) is 0 Å². The lowest BCUT2D eigenvalue weighted by Gasteiger charge is -2.36. The summed E-state index contributed by atoms with van der Waals surface area (Å²) in [5.74, 6) is -0.0111. The van der Waals surface area contributed by atoms with E-state index in [4.69, 9.17) is 4.74 Å². The van der Waals surface area contributed by atoms with Crippen LogP contribution >= 0.6 is 15.9 Å². The van der Waals surface area contributed by atoms with Gasteiger partial charge in [0.05, 0.1) is 5.33 Å². The highest BCUT2D eigenvalue weighted by molar-refractivity contribution is 9.09. The minimum absolute atomic E-state index is 0.0111. The minimum Gasteiger partial charge on any atom is -0.444 e. The summed E-state index contributed by atoms with van der Waals surface area (Å²) < 4.78 is 5.29. The number of carbonyl (C=O) groups excluding carboxylic acids is 2. The zero-order valence-electron chi connectivity index (χ0n) is 10.5. The lowest BCUT2D eigenvalue weighted by Crippen LogP contribution is -2.58. The van der Waals surface area contributed by atoms with Crippen molar-refractivity contribution in [3.8, 4) is 0 Å². The van der Waals surface area contributed by atoms with Crippen LogP contribution in [-0.2, 0) is 9.53 Å². The fraction of sp³-hybridized carbons (Fsp3) is 0.818. The predicted octanol–water partition coefficient (Wildman–Crippen LogP) is 1.16. The SMILES string of the molecule is CC(C)(C)OC(=O)N1CCNCC1C(=O)CBr. The Morgan fingerprint density at radius 2 is 2.12 bits per heavy atom. The van der Waals surface area contributed by atoms with Crippen molar-refractivity contribution < 1.29 is 14.3 Å². The molecule has 6 heteroatoms. The van der Waals surface area contributed by atoms with Gasteiger partial charge in [0, 0.05) is 19.6 Å². The molecule has 0 radical (unpaired) electrons. The van der Waals surface area contributed by atoms with Crippen LogP contribution in [0.15, 0.2) is 0 Å². The van der Waals surface area contributed by atoms with E-state index in [2.05, 4.69) is 21.2 Å². The van der Waals surface area contributed by atoms with Gasteiger partial charge in [-0.15, -0.1) is 0 Å². The van der Waals surface area contributed by atoms with Crippen LogP contribution in [0.1, 0.15) is 20.8 Å². The Morgan fingerprint density at radius 3 is 2.65 bits per heavy atom. The first-order chi connectivity index (χ1) is 7.85. The van der Waals surface area contributed by atoms with Crippen LogP contribution in [0.3, 0.4) is 0 Å². The zero-order chi connectivity index (χ0) is 13.1. The van der Waals surface area contributed by atoms with Crippen LogP contribution in [0.25, 0.3) is 0 Å². The molecule has 0 bridgehead atoms. The van der Waals surface area contributed by atoms with E-state index in [-0.39, 0.29) is 11.1 Å². The van der Waals surface area contributed by atoms with Crippen molar-refractivity contribution in [3.05, 3.63) is 0 Å². The summed E-state index contributed by atoms with van der Waals surface area (Å²) in [6.45, 7) is 7.12. The van der Waals surface area contributed by atoms with Gasteiger partial charge in [0.1, 0.15) is 11.6 Å². The van der Waals surface area contributed by atoms with Crippen molar-refractivity contribution in [2.45, 2.75) is 32.4 Å². The zero-order valence-corrected chi connectivity index (χ0v) is 12.0. The topological polar surface area (TPSA) is 58.6 Å². The standard InChI is InChI=1S/C11H19BrN2O3/c1-11(2,3)17-10(16)14-5-4-13-7-8(14)9(15)6-12/h8,13H,4-7H2,1-3H3. The molecule has 1 aliphatic rings. The number of halogens is 1. The van der Waals surface area contributed by atoms with Gasteiger partial charge >= 0.3 is 6.09 Å². The fourth-order valence-corrected chi connectivity index (χ4v) is 1.99. The molecule has 0 saturated carbocycles. The predicted molar refractivity (Wildman–Crippen MR) is 68.4 cm³/mol. The Labute approximate surface area is 110 Å². The Balaban J connectivity index is 2.71. The number of hydrogen-bond acceptors (Lipinski definition) is 4. The number of rotatable bonds is 2. The third kappa shape index (κ3) is 4.27. The second kappa shape index (κ2) is 5.82. The van der Waals surface area contributed by atoms with Crippen molar-refractivity contribution in [1.82, 2.24) is 10.2 Å². The van der Waals surface area contributed by atoms with Crippen LogP contribution in [0.5, 0.6) is 0 Å². The van der Waals surface area contributed by atoms with Crippen LogP contribution in [0.2, 0.25) is 0 Å². The molecular formula is C11H19BrN2O3. The quantitative estimate of drug-likeness (QED) is 0.778. The molecule has 1 saturated heterocycles. The molecule has 1 fully saturated rings. The van der Waals surface area contributed by atoms with E-state index >= 15 is 0 Å². The van der Waals surface area contributed by atoms with Crippen molar-refractivity contribution in [2.24, 2.45) is 0 Å². The molecule has 17 heavy (non-hydrogen) atoms. The highest BCUT2D eigenvalue weighted by atomic mass is 79.9. The number of Topliss-reactive ketones (excluding diaryl/α,β-unsaturated/α-hetero) is 1. The van der Waals surface area contributed by atoms with E-state index in [9.17, 15) is 9.59 Å². The summed E-state index contributed by atoms with van der Waals surface area (Å²) in [6, 6.07) is -0.432. The normalized spacial score (nSPS) is 21.2. The number of nitrogens with one attached hydrogen (secondary N) is 1. The minimum atomic E-state index is -0.538. The second-order valence-electron chi connectivity index (χ2n) is 4.99. The van der Waals surface area contributed by atoms with Crippen LogP contribution in [-0.4, -0.2) is 53.4 Å². The van der Waals surface area contributed by atoms with Crippen molar-refractivity contribution >= 4 is 27.8 Å². The van der Waals surface area contributed by atoms with E-state index in [0.717, 1.165) is 0 Å². The molecule has 5 nitrogen and oxygen atoms in total. The van der Waals surface area contributed by atoms with Gasteiger partial charge in [0.25, 0.3) is 0 Å². The van der Waals surface area contributed by atoms with E-state index in [1.165, 1.54) is 4.90 Å². The fourth-order valence-electron chi connectivity index (χ4n) is 1.62. The highest BCUT2D eigenvalue weighted by Gasteiger charge is 2.33. The van der Waals surface area contributed by atoms with Gasteiger partial charge < -0.3 is 10.1 Å². The Kier molecular flexibility index (Phi) is 4.94. The number of amides is 1. The van der Waals surface area contributed by atoms with Gasteiger partial charge in [0.15, 0.2) is 5.78 Å². The van der Waals surface area contributed by atoms with E-state index in [1.54, 1.807) is 0 Å². The molecule has 0 aromatic carbocycles. The van der Waals surface area contributed by atoms with Crippen LogP contribution in [0, 0.1) is 0 Å². The maximum atomic E-state index is 12.0. The number of carbonyl (C=O) groups is 2. The van der Waals surface area contributed by atoms with Gasteiger partial charge in [-0.25, -0.2) is 4.79 Å². The first-order valence-electron chi connectivity index (χ1n) is 5.64.